The molecular formula is C17H16N2O2S. The van der Waals surface area contributed by atoms with Gasteiger partial charge in [0.15, 0.2) is 10.8 Å². The molecule has 0 spiro atoms. The Morgan fingerprint density at radius 3 is 2.77 bits per heavy atom. The highest BCUT2D eigenvalue weighted by Crippen LogP contribution is 2.29. The maximum Gasteiger partial charge on any atom is 0.224 e. The number of hydrogen-bond donors (Lipinski definition) is 1. The SMILES string of the molecule is CCCC(=O)Nc1ccc(-c2csc(-c3ccco3)n2)cc1. The second-order valence-corrected chi connectivity index (χ2v) is 5.75. The van der Waals surface area contributed by atoms with Crippen LogP contribution >= 0.6 is 11.3 Å². The summed E-state index contributed by atoms with van der Waals surface area (Å²) in [5, 5.41) is 5.74. The van der Waals surface area contributed by atoms with Crippen LogP contribution in [0, 0.1) is 0 Å². The summed E-state index contributed by atoms with van der Waals surface area (Å²) in [5.74, 6) is 0.823. The molecule has 112 valence electrons. The minimum atomic E-state index is 0.0454. The fraction of sp³-hybridized carbons (Fsp3) is 0.176. The standard InChI is InChI=1S/C17H16N2O2S/c1-2-4-16(20)18-13-8-6-12(7-9-13)14-11-22-17(19-14)15-5-3-10-21-15/h3,5-11H,2,4H2,1H3,(H,18,20). The Balaban J connectivity index is 1.74. The molecule has 3 aromatic rings. The third kappa shape index (κ3) is 3.26. The molecule has 0 aliphatic heterocycles. The van der Waals surface area contributed by atoms with Crippen molar-refractivity contribution in [2.75, 3.05) is 5.32 Å². The first-order valence-electron chi connectivity index (χ1n) is 7.16. The van der Waals surface area contributed by atoms with Gasteiger partial charge in [0.1, 0.15) is 0 Å². The fourth-order valence-corrected chi connectivity index (χ4v) is 2.89. The molecule has 0 bridgehead atoms. The van der Waals surface area contributed by atoms with E-state index >= 15 is 0 Å². The second kappa shape index (κ2) is 6.58. The molecule has 2 heterocycles. The Morgan fingerprint density at radius 1 is 1.27 bits per heavy atom. The number of anilines is 1. The number of carbonyl (C=O) groups excluding carboxylic acids is 1. The van der Waals surface area contributed by atoms with Crippen molar-refractivity contribution in [1.82, 2.24) is 4.98 Å². The number of amides is 1. The summed E-state index contributed by atoms with van der Waals surface area (Å²) >= 11 is 1.55. The zero-order valence-electron chi connectivity index (χ0n) is 12.2. The van der Waals surface area contributed by atoms with Crippen LogP contribution in [0.3, 0.4) is 0 Å². The Hall–Kier alpha value is -2.40. The smallest absolute Gasteiger partial charge is 0.224 e. The lowest BCUT2D eigenvalue weighted by Gasteiger charge is -2.04. The largest absolute Gasteiger partial charge is 0.462 e. The number of carbonyl (C=O) groups is 1. The van der Waals surface area contributed by atoms with Gasteiger partial charge in [-0.2, -0.15) is 0 Å². The normalized spacial score (nSPS) is 10.6. The minimum Gasteiger partial charge on any atom is -0.462 e. The molecular weight excluding hydrogens is 296 g/mol. The molecule has 0 aliphatic carbocycles. The highest BCUT2D eigenvalue weighted by atomic mass is 32.1. The molecule has 4 nitrogen and oxygen atoms in total. The van der Waals surface area contributed by atoms with Crippen LogP contribution in [0.15, 0.2) is 52.5 Å². The third-order valence-corrected chi connectivity index (χ3v) is 4.03. The first-order chi connectivity index (χ1) is 10.8. The summed E-state index contributed by atoms with van der Waals surface area (Å²) in [6.07, 6.45) is 3.03. The van der Waals surface area contributed by atoms with Gasteiger partial charge >= 0.3 is 0 Å². The highest BCUT2D eigenvalue weighted by Gasteiger charge is 2.09. The van der Waals surface area contributed by atoms with E-state index in [1.807, 2.05) is 48.7 Å². The fourth-order valence-electron chi connectivity index (χ4n) is 2.09. The van der Waals surface area contributed by atoms with Gasteiger partial charge in [-0.25, -0.2) is 4.98 Å². The number of thiazole rings is 1. The van der Waals surface area contributed by atoms with Crippen LogP contribution in [0.1, 0.15) is 19.8 Å². The summed E-state index contributed by atoms with van der Waals surface area (Å²) in [5.41, 5.74) is 2.73. The van der Waals surface area contributed by atoms with Gasteiger partial charge in [0.2, 0.25) is 5.91 Å². The van der Waals surface area contributed by atoms with Gasteiger partial charge in [-0.05, 0) is 30.7 Å². The van der Waals surface area contributed by atoms with Crippen molar-refractivity contribution in [3.8, 4) is 22.0 Å². The van der Waals surface area contributed by atoms with E-state index in [-0.39, 0.29) is 5.91 Å². The van der Waals surface area contributed by atoms with Crippen LogP contribution in [0.25, 0.3) is 22.0 Å². The summed E-state index contributed by atoms with van der Waals surface area (Å²) in [4.78, 5) is 16.2. The van der Waals surface area contributed by atoms with Crippen LogP contribution in [0.5, 0.6) is 0 Å². The Labute approximate surface area is 132 Å². The van der Waals surface area contributed by atoms with Gasteiger partial charge in [0.25, 0.3) is 0 Å². The van der Waals surface area contributed by atoms with E-state index in [1.165, 1.54) is 0 Å². The maximum absolute atomic E-state index is 11.6. The average molecular weight is 312 g/mol. The van der Waals surface area contributed by atoms with Crippen LogP contribution in [0.4, 0.5) is 5.69 Å². The van der Waals surface area contributed by atoms with Crippen molar-refractivity contribution >= 4 is 22.9 Å². The molecule has 2 aromatic heterocycles. The second-order valence-electron chi connectivity index (χ2n) is 4.89. The Bertz CT molecular complexity index is 745. The van der Waals surface area contributed by atoms with Crippen LogP contribution in [-0.4, -0.2) is 10.9 Å². The summed E-state index contributed by atoms with van der Waals surface area (Å²) in [7, 11) is 0. The molecule has 22 heavy (non-hydrogen) atoms. The van der Waals surface area contributed by atoms with Crippen molar-refractivity contribution in [2.45, 2.75) is 19.8 Å². The number of nitrogens with zero attached hydrogens (tertiary/aromatic N) is 1. The topological polar surface area (TPSA) is 55.1 Å². The molecule has 0 saturated heterocycles. The molecule has 0 saturated carbocycles. The Morgan fingerprint density at radius 2 is 2.09 bits per heavy atom. The molecule has 0 radical (unpaired) electrons. The molecule has 0 unspecified atom stereocenters. The predicted molar refractivity (Wildman–Crippen MR) is 88.8 cm³/mol. The molecule has 3 rings (SSSR count). The first-order valence-corrected chi connectivity index (χ1v) is 8.04. The lowest BCUT2D eigenvalue weighted by molar-refractivity contribution is -0.116. The first kappa shape index (κ1) is 14.5. The molecule has 0 atom stereocenters. The highest BCUT2D eigenvalue weighted by molar-refractivity contribution is 7.13. The third-order valence-electron chi connectivity index (χ3n) is 3.18. The number of furan rings is 1. The molecule has 0 fully saturated rings. The van der Waals surface area contributed by atoms with Gasteiger partial charge in [0.05, 0.1) is 12.0 Å². The number of nitrogens with one attached hydrogen (secondary N) is 1. The molecule has 1 aromatic carbocycles. The van der Waals surface area contributed by atoms with E-state index in [0.717, 1.165) is 34.1 Å². The van der Waals surface area contributed by atoms with Gasteiger partial charge < -0.3 is 9.73 Å². The minimum absolute atomic E-state index is 0.0454. The maximum atomic E-state index is 11.6. The van der Waals surface area contributed by atoms with Crippen molar-refractivity contribution in [3.05, 3.63) is 48.0 Å². The number of rotatable bonds is 5. The summed E-state index contributed by atoms with van der Waals surface area (Å²) in [6.45, 7) is 1.99. The Kier molecular flexibility index (Phi) is 4.34. The van der Waals surface area contributed by atoms with E-state index in [0.29, 0.717) is 6.42 Å². The zero-order valence-corrected chi connectivity index (χ0v) is 13.0. The van der Waals surface area contributed by atoms with Crippen molar-refractivity contribution in [2.24, 2.45) is 0 Å². The van der Waals surface area contributed by atoms with E-state index in [1.54, 1.807) is 17.6 Å². The summed E-state index contributed by atoms with van der Waals surface area (Å²) in [6, 6.07) is 11.5. The van der Waals surface area contributed by atoms with Gasteiger partial charge in [-0.15, -0.1) is 11.3 Å². The zero-order chi connectivity index (χ0) is 15.4. The quantitative estimate of drug-likeness (QED) is 0.735. The van der Waals surface area contributed by atoms with Crippen molar-refractivity contribution in [1.29, 1.82) is 0 Å². The van der Waals surface area contributed by atoms with E-state index in [2.05, 4.69) is 10.3 Å². The number of benzene rings is 1. The molecule has 0 aliphatic rings. The number of hydrogen-bond acceptors (Lipinski definition) is 4. The predicted octanol–water partition coefficient (Wildman–Crippen LogP) is 4.81. The molecule has 1 amide bonds. The average Bonchev–Trinajstić information content (AvgIpc) is 3.19. The molecule has 5 heteroatoms. The molecule has 1 N–H and O–H groups in total. The van der Waals surface area contributed by atoms with Gasteiger partial charge in [-0.3, -0.25) is 4.79 Å². The van der Waals surface area contributed by atoms with E-state index in [9.17, 15) is 4.79 Å². The van der Waals surface area contributed by atoms with Gasteiger partial charge in [-0.1, -0.05) is 19.1 Å². The van der Waals surface area contributed by atoms with Crippen LogP contribution in [-0.2, 0) is 4.79 Å². The lowest BCUT2D eigenvalue weighted by atomic mass is 10.1. The van der Waals surface area contributed by atoms with E-state index in [4.69, 9.17) is 4.42 Å². The van der Waals surface area contributed by atoms with Crippen molar-refractivity contribution < 1.29 is 9.21 Å². The number of aromatic nitrogens is 1. The lowest BCUT2D eigenvalue weighted by Crippen LogP contribution is -2.10. The van der Waals surface area contributed by atoms with Gasteiger partial charge in [0, 0.05) is 23.1 Å². The van der Waals surface area contributed by atoms with Crippen LogP contribution in [0.2, 0.25) is 0 Å². The monoisotopic (exact) mass is 312 g/mol. The summed E-state index contributed by atoms with van der Waals surface area (Å²) < 4.78 is 5.36. The van der Waals surface area contributed by atoms with Crippen LogP contribution < -0.4 is 5.32 Å². The van der Waals surface area contributed by atoms with E-state index < -0.39 is 0 Å². The van der Waals surface area contributed by atoms with Crippen molar-refractivity contribution in [3.63, 3.8) is 0 Å².